The standard InChI is InChI=1S/C24H33N3O4/c1-16-4-6-21(7-5-16)27-15-20(12-22(27)28)24(30)25-10-8-19(9-11-25)23(29)26-13-17(2)31-18(3)14-26/h4-7,17-20H,8-15H2,1-3H3/t17-,18-,20+/m1/s1. The maximum atomic E-state index is 13.1. The number of carbonyl (C=O) groups is 3. The van der Waals surface area contributed by atoms with Crippen molar-refractivity contribution in [3.05, 3.63) is 29.8 Å². The molecule has 7 heteroatoms. The molecule has 3 fully saturated rings. The lowest BCUT2D eigenvalue weighted by Crippen LogP contribution is -2.52. The Morgan fingerprint density at radius 1 is 0.871 bits per heavy atom. The molecule has 1 aromatic rings. The number of carbonyl (C=O) groups excluding carboxylic acids is 3. The van der Waals surface area contributed by atoms with Crippen LogP contribution in [0.4, 0.5) is 5.69 Å². The topological polar surface area (TPSA) is 70.2 Å². The summed E-state index contributed by atoms with van der Waals surface area (Å²) in [6.45, 7) is 8.89. The second kappa shape index (κ2) is 8.99. The summed E-state index contributed by atoms with van der Waals surface area (Å²) in [5.74, 6) is -0.0983. The highest BCUT2D eigenvalue weighted by Gasteiger charge is 2.39. The Balaban J connectivity index is 1.31. The van der Waals surface area contributed by atoms with E-state index in [2.05, 4.69) is 0 Å². The van der Waals surface area contributed by atoms with Gasteiger partial charge in [0.25, 0.3) is 0 Å². The second-order valence-corrected chi connectivity index (χ2v) is 9.34. The largest absolute Gasteiger partial charge is 0.372 e. The van der Waals surface area contributed by atoms with E-state index in [4.69, 9.17) is 4.74 Å². The third-order valence-corrected chi connectivity index (χ3v) is 6.71. The fraction of sp³-hybridized carbons (Fsp3) is 0.625. The molecule has 7 nitrogen and oxygen atoms in total. The van der Waals surface area contributed by atoms with Gasteiger partial charge in [-0.05, 0) is 45.7 Å². The maximum absolute atomic E-state index is 13.1. The first-order chi connectivity index (χ1) is 14.8. The van der Waals surface area contributed by atoms with E-state index in [1.807, 2.05) is 54.8 Å². The number of rotatable bonds is 3. The summed E-state index contributed by atoms with van der Waals surface area (Å²) in [5.41, 5.74) is 1.99. The van der Waals surface area contributed by atoms with Crippen molar-refractivity contribution in [2.24, 2.45) is 11.8 Å². The monoisotopic (exact) mass is 427 g/mol. The van der Waals surface area contributed by atoms with Crippen LogP contribution < -0.4 is 4.90 Å². The molecular formula is C24H33N3O4. The third-order valence-electron chi connectivity index (χ3n) is 6.71. The number of nitrogens with zero attached hydrogens (tertiary/aromatic N) is 3. The number of aryl methyl sites for hydroxylation is 1. The van der Waals surface area contributed by atoms with Crippen LogP contribution in [0.1, 0.15) is 38.7 Å². The molecule has 4 rings (SSSR count). The predicted molar refractivity (Wildman–Crippen MR) is 118 cm³/mol. The summed E-state index contributed by atoms with van der Waals surface area (Å²) in [4.78, 5) is 44.1. The van der Waals surface area contributed by atoms with E-state index in [0.29, 0.717) is 45.6 Å². The summed E-state index contributed by atoms with van der Waals surface area (Å²) < 4.78 is 5.74. The molecular weight excluding hydrogens is 394 g/mol. The van der Waals surface area contributed by atoms with Gasteiger partial charge in [0.1, 0.15) is 0 Å². The van der Waals surface area contributed by atoms with E-state index in [0.717, 1.165) is 11.3 Å². The van der Waals surface area contributed by atoms with E-state index < -0.39 is 0 Å². The van der Waals surface area contributed by atoms with Gasteiger partial charge in [0.15, 0.2) is 0 Å². The van der Waals surface area contributed by atoms with Gasteiger partial charge in [0, 0.05) is 50.7 Å². The average Bonchev–Trinajstić information content (AvgIpc) is 3.14. The zero-order valence-electron chi connectivity index (χ0n) is 18.8. The first-order valence-electron chi connectivity index (χ1n) is 11.4. The number of hydrogen-bond acceptors (Lipinski definition) is 4. The molecule has 3 aliphatic heterocycles. The van der Waals surface area contributed by atoms with Gasteiger partial charge in [-0.15, -0.1) is 0 Å². The van der Waals surface area contributed by atoms with Gasteiger partial charge in [-0.1, -0.05) is 17.7 Å². The SMILES string of the molecule is Cc1ccc(N2C[C@@H](C(=O)N3CCC(C(=O)N4C[C@@H](C)O[C@H](C)C4)CC3)CC2=O)cc1. The molecule has 0 saturated carbocycles. The molecule has 3 aliphatic rings. The van der Waals surface area contributed by atoms with Crippen molar-refractivity contribution in [3.63, 3.8) is 0 Å². The lowest BCUT2D eigenvalue weighted by atomic mass is 9.93. The first-order valence-corrected chi connectivity index (χ1v) is 11.4. The van der Waals surface area contributed by atoms with Crippen LogP contribution in [0.5, 0.6) is 0 Å². The second-order valence-electron chi connectivity index (χ2n) is 9.34. The van der Waals surface area contributed by atoms with Crippen LogP contribution in [-0.2, 0) is 19.1 Å². The molecule has 168 valence electrons. The fourth-order valence-electron chi connectivity index (χ4n) is 5.07. The minimum absolute atomic E-state index is 0.00261. The molecule has 0 bridgehead atoms. The number of anilines is 1. The number of ether oxygens (including phenoxy) is 1. The summed E-state index contributed by atoms with van der Waals surface area (Å²) in [5, 5.41) is 0. The first kappa shape index (κ1) is 21.8. The summed E-state index contributed by atoms with van der Waals surface area (Å²) in [7, 11) is 0. The van der Waals surface area contributed by atoms with Crippen molar-refractivity contribution >= 4 is 23.4 Å². The van der Waals surface area contributed by atoms with Gasteiger partial charge in [-0.25, -0.2) is 0 Å². The number of hydrogen-bond donors (Lipinski definition) is 0. The Bertz CT molecular complexity index is 822. The van der Waals surface area contributed by atoms with E-state index in [9.17, 15) is 14.4 Å². The molecule has 31 heavy (non-hydrogen) atoms. The number of benzene rings is 1. The van der Waals surface area contributed by atoms with Crippen molar-refractivity contribution in [1.82, 2.24) is 9.80 Å². The molecule has 3 heterocycles. The molecule has 0 spiro atoms. The zero-order valence-corrected chi connectivity index (χ0v) is 18.8. The van der Waals surface area contributed by atoms with Gasteiger partial charge < -0.3 is 19.4 Å². The normalized spacial score (nSPS) is 27.6. The number of piperidine rings is 1. The Hall–Kier alpha value is -2.41. The van der Waals surface area contributed by atoms with Crippen LogP contribution in [0.3, 0.4) is 0 Å². The minimum atomic E-state index is -0.304. The highest BCUT2D eigenvalue weighted by Crippen LogP contribution is 2.29. The van der Waals surface area contributed by atoms with Crippen LogP contribution >= 0.6 is 0 Å². The van der Waals surface area contributed by atoms with E-state index >= 15 is 0 Å². The molecule has 3 saturated heterocycles. The van der Waals surface area contributed by atoms with Crippen LogP contribution in [-0.4, -0.2) is 72.5 Å². The summed E-state index contributed by atoms with van der Waals surface area (Å²) >= 11 is 0. The molecule has 0 aromatic heterocycles. The lowest BCUT2D eigenvalue weighted by molar-refractivity contribution is -0.150. The molecule has 1 aromatic carbocycles. The highest BCUT2D eigenvalue weighted by atomic mass is 16.5. The summed E-state index contributed by atoms with van der Waals surface area (Å²) in [6.07, 6.45) is 1.76. The highest BCUT2D eigenvalue weighted by molar-refractivity contribution is 6.00. The molecule has 0 aliphatic carbocycles. The minimum Gasteiger partial charge on any atom is -0.372 e. The molecule has 0 N–H and O–H groups in total. The van der Waals surface area contributed by atoms with Crippen molar-refractivity contribution in [3.8, 4) is 0 Å². The fourth-order valence-corrected chi connectivity index (χ4v) is 5.07. The zero-order chi connectivity index (χ0) is 22.1. The van der Waals surface area contributed by atoms with Crippen LogP contribution in [0.15, 0.2) is 24.3 Å². The molecule has 0 unspecified atom stereocenters. The maximum Gasteiger partial charge on any atom is 0.228 e. The van der Waals surface area contributed by atoms with Gasteiger partial charge in [0.05, 0.1) is 18.1 Å². The lowest BCUT2D eigenvalue weighted by Gasteiger charge is -2.39. The van der Waals surface area contributed by atoms with Crippen LogP contribution in [0.25, 0.3) is 0 Å². The van der Waals surface area contributed by atoms with Crippen molar-refractivity contribution in [2.75, 3.05) is 37.6 Å². The van der Waals surface area contributed by atoms with Crippen molar-refractivity contribution in [1.29, 1.82) is 0 Å². The van der Waals surface area contributed by atoms with Gasteiger partial charge in [-0.3, -0.25) is 14.4 Å². The summed E-state index contributed by atoms with van der Waals surface area (Å²) in [6, 6.07) is 7.83. The van der Waals surface area contributed by atoms with Gasteiger partial charge >= 0.3 is 0 Å². The smallest absolute Gasteiger partial charge is 0.228 e. The number of amides is 3. The quantitative estimate of drug-likeness (QED) is 0.742. The Morgan fingerprint density at radius 2 is 1.45 bits per heavy atom. The number of morpholine rings is 1. The van der Waals surface area contributed by atoms with Gasteiger partial charge in [0.2, 0.25) is 17.7 Å². The van der Waals surface area contributed by atoms with Crippen molar-refractivity contribution < 1.29 is 19.1 Å². The predicted octanol–water partition coefficient (Wildman–Crippen LogP) is 2.22. The van der Waals surface area contributed by atoms with E-state index in [-0.39, 0.29) is 48.2 Å². The Morgan fingerprint density at radius 3 is 2.06 bits per heavy atom. The average molecular weight is 428 g/mol. The molecule has 0 radical (unpaired) electrons. The third kappa shape index (κ3) is 4.76. The van der Waals surface area contributed by atoms with Gasteiger partial charge in [-0.2, -0.15) is 0 Å². The Labute approximate surface area is 184 Å². The van der Waals surface area contributed by atoms with E-state index in [1.165, 1.54) is 0 Å². The van der Waals surface area contributed by atoms with Crippen LogP contribution in [0, 0.1) is 18.8 Å². The van der Waals surface area contributed by atoms with Crippen LogP contribution in [0.2, 0.25) is 0 Å². The molecule has 3 atom stereocenters. The Kier molecular flexibility index (Phi) is 6.32. The van der Waals surface area contributed by atoms with E-state index in [1.54, 1.807) is 4.90 Å². The number of likely N-dealkylation sites (tertiary alicyclic amines) is 1. The molecule has 3 amide bonds. The van der Waals surface area contributed by atoms with Crippen molar-refractivity contribution in [2.45, 2.75) is 52.2 Å².